The smallest absolute Gasteiger partial charge is 0.0402 e. The molecule has 2 rings (SSSR count). The Morgan fingerprint density at radius 1 is 1.33 bits per heavy atom. The van der Waals surface area contributed by atoms with Crippen LogP contribution in [-0.2, 0) is 6.42 Å². The van der Waals surface area contributed by atoms with Gasteiger partial charge in [0.25, 0.3) is 0 Å². The fraction of sp³-hybridized carbons (Fsp3) is 0.455. The van der Waals surface area contributed by atoms with E-state index in [1.165, 1.54) is 11.3 Å². The minimum absolute atomic E-state index is 0. The van der Waals surface area contributed by atoms with E-state index in [2.05, 4.69) is 36.1 Å². The molecular weight excluding hydrogens is 231 g/mol. The van der Waals surface area contributed by atoms with Crippen LogP contribution in [0.3, 0.4) is 0 Å². The molecule has 86 valence electrons. The molecular formula is C11H18Cl2N2. The number of nitrogens with zero attached hydrogens (tertiary/aromatic N) is 1. The fourth-order valence-corrected chi connectivity index (χ4v) is 2.11. The van der Waals surface area contributed by atoms with Crippen molar-refractivity contribution in [2.75, 3.05) is 18.0 Å². The summed E-state index contributed by atoms with van der Waals surface area (Å²) in [5.74, 6) is 0. The second-order valence-electron chi connectivity index (χ2n) is 3.66. The van der Waals surface area contributed by atoms with Gasteiger partial charge in [0, 0.05) is 24.8 Å². The first-order valence-corrected chi connectivity index (χ1v) is 4.87. The number of anilines is 1. The van der Waals surface area contributed by atoms with Crippen LogP contribution in [0.2, 0.25) is 0 Å². The molecule has 0 saturated carbocycles. The summed E-state index contributed by atoms with van der Waals surface area (Å²) in [6.45, 7) is 3.96. The summed E-state index contributed by atoms with van der Waals surface area (Å²) in [5, 5.41) is 0. The number of rotatable bonds is 2. The van der Waals surface area contributed by atoms with E-state index >= 15 is 0 Å². The van der Waals surface area contributed by atoms with Gasteiger partial charge >= 0.3 is 0 Å². The van der Waals surface area contributed by atoms with Gasteiger partial charge in [0.05, 0.1) is 0 Å². The van der Waals surface area contributed by atoms with Crippen molar-refractivity contribution in [3.8, 4) is 0 Å². The molecule has 0 amide bonds. The van der Waals surface area contributed by atoms with E-state index in [-0.39, 0.29) is 24.8 Å². The molecule has 1 aliphatic heterocycles. The third-order valence-electron chi connectivity index (χ3n) is 2.72. The Labute approximate surface area is 104 Å². The predicted molar refractivity (Wildman–Crippen MR) is 70.5 cm³/mol. The topological polar surface area (TPSA) is 29.3 Å². The van der Waals surface area contributed by atoms with Crippen LogP contribution in [0.1, 0.15) is 12.5 Å². The minimum atomic E-state index is 0. The third kappa shape index (κ3) is 2.77. The van der Waals surface area contributed by atoms with Gasteiger partial charge in [-0.2, -0.15) is 0 Å². The van der Waals surface area contributed by atoms with E-state index in [9.17, 15) is 0 Å². The van der Waals surface area contributed by atoms with E-state index in [0.717, 1.165) is 19.5 Å². The maximum atomic E-state index is 5.59. The van der Waals surface area contributed by atoms with Crippen molar-refractivity contribution in [2.45, 2.75) is 19.4 Å². The summed E-state index contributed by atoms with van der Waals surface area (Å²) in [7, 11) is 0. The Balaban J connectivity index is 0.000000980. The van der Waals surface area contributed by atoms with Gasteiger partial charge in [-0.15, -0.1) is 24.8 Å². The predicted octanol–water partition coefficient (Wildman–Crippen LogP) is 2.24. The molecule has 4 heteroatoms. The summed E-state index contributed by atoms with van der Waals surface area (Å²) >= 11 is 0. The van der Waals surface area contributed by atoms with Gasteiger partial charge in [-0.1, -0.05) is 18.2 Å². The molecule has 2 N–H and O–H groups in total. The van der Waals surface area contributed by atoms with Crippen molar-refractivity contribution in [3.05, 3.63) is 29.8 Å². The maximum absolute atomic E-state index is 5.59. The van der Waals surface area contributed by atoms with Crippen LogP contribution in [0.25, 0.3) is 0 Å². The Morgan fingerprint density at radius 2 is 2.00 bits per heavy atom. The zero-order valence-corrected chi connectivity index (χ0v) is 10.5. The highest BCUT2D eigenvalue weighted by molar-refractivity contribution is 5.85. The van der Waals surface area contributed by atoms with E-state index in [0.29, 0.717) is 6.04 Å². The lowest BCUT2D eigenvalue weighted by atomic mass is 10.1. The highest BCUT2D eigenvalue weighted by Gasteiger charge is 2.24. The van der Waals surface area contributed by atoms with Crippen molar-refractivity contribution in [1.82, 2.24) is 0 Å². The molecule has 1 aromatic carbocycles. The molecule has 1 aliphatic rings. The Bertz CT molecular complexity index is 304. The van der Waals surface area contributed by atoms with Gasteiger partial charge < -0.3 is 10.6 Å². The fourth-order valence-electron chi connectivity index (χ4n) is 2.11. The van der Waals surface area contributed by atoms with Crippen LogP contribution in [0, 0.1) is 0 Å². The molecule has 0 bridgehead atoms. The van der Waals surface area contributed by atoms with Gasteiger partial charge in [-0.05, 0) is 25.0 Å². The van der Waals surface area contributed by atoms with Gasteiger partial charge in [-0.3, -0.25) is 0 Å². The summed E-state index contributed by atoms with van der Waals surface area (Å²) in [5.41, 5.74) is 8.42. The summed E-state index contributed by atoms with van der Waals surface area (Å²) in [4.78, 5) is 2.40. The SMILES string of the molecule is CC1Cc2ccccc2N1CCN.Cl.Cl. The van der Waals surface area contributed by atoms with Crippen LogP contribution in [0.5, 0.6) is 0 Å². The normalized spacial score (nSPS) is 17.7. The Morgan fingerprint density at radius 3 is 2.67 bits per heavy atom. The molecule has 0 spiro atoms. The number of para-hydroxylation sites is 1. The standard InChI is InChI=1S/C11H16N2.2ClH/c1-9-8-10-4-2-3-5-11(10)13(9)7-6-12;;/h2-5,9H,6-8,12H2,1H3;2*1H. The number of hydrogen-bond acceptors (Lipinski definition) is 2. The first-order chi connectivity index (χ1) is 6.33. The van der Waals surface area contributed by atoms with Crippen molar-refractivity contribution in [2.24, 2.45) is 5.73 Å². The molecule has 1 aromatic rings. The quantitative estimate of drug-likeness (QED) is 0.870. The van der Waals surface area contributed by atoms with Gasteiger partial charge in [0.1, 0.15) is 0 Å². The van der Waals surface area contributed by atoms with Crippen LogP contribution < -0.4 is 10.6 Å². The zero-order chi connectivity index (χ0) is 9.26. The Hall–Kier alpha value is -0.440. The minimum Gasteiger partial charge on any atom is -0.367 e. The van der Waals surface area contributed by atoms with Gasteiger partial charge in [0.2, 0.25) is 0 Å². The number of benzene rings is 1. The molecule has 2 nitrogen and oxygen atoms in total. The lowest BCUT2D eigenvalue weighted by Crippen LogP contribution is -2.33. The number of nitrogens with two attached hydrogens (primary N) is 1. The highest BCUT2D eigenvalue weighted by Crippen LogP contribution is 2.30. The maximum Gasteiger partial charge on any atom is 0.0402 e. The molecule has 15 heavy (non-hydrogen) atoms. The van der Waals surface area contributed by atoms with Crippen LogP contribution in [-0.4, -0.2) is 19.1 Å². The monoisotopic (exact) mass is 248 g/mol. The molecule has 0 aromatic heterocycles. The largest absolute Gasteiger partial charge is 0.367 e. The third-order valence-corrected chi connectivity index (χ3v) is 2.72. The van der Waals surface area contributed by atoms with E-state index in [4.69, 9.17) is 5.73 Å². The van der Waals surface area contributed by atoms with Gasteiger partial charge in [-0.25, -0.2) is 0 Å². The van der Waals surface area contributed by atoms with Crippen molar-refractivity contribution in [3.63, 3.8) is 0 Å². The van der Waals surface area contributed by atoms with Crippen molar-refractivity contribution < 1.29 is 0 Å². The molecule has 0 saturated heterocycles. The lowest BCUT2D eigenvalue weighted by Gasteiger charge is -2.23. The molecule has 1 heterocycles. The van der Waals surface area contributed by atoms with Gasteiger partial charge in [0.15, 0.2) is 0 Å². The Kier molecular flexibility index (Phi) is 6.03. The number of hydrogen-bond donors (Lipinski definition) is 1. The first-order valence-electron chi connectivity index (χ1n) is 4.87. The summed E-state index contributed by atoms with van der Waals surface area (Å²) in [6, 6.07) is 9.22. The average molecular weight is 249 g/mol. The van der Waals surface area contributed by atoms with E-state index in [1.807, 2.05) is 0 Å². The second-order valence-corrected chi connectivity index (χ2v) is 3.66. The van der Waals surface area contributed by atoms with Crippen molar-refractivity contribution >= 4 is 30.5 Å². The molecule has 0 fully saturated rings. The lowest BCUT2D eigenvalue weighted by molar-refractivity contribution is 0.674. The zero-order valence-electron chi connectivity index (χ0n) is 8.85. The average Bonchev–Trinajstić information content (AvgIpc) is 2.44. The summed E-state index contributed by atoms with van der Waals surface area (Å²) < 4.78 is 0. The van der Waals surface area contributed by atoms with E-state index < -0.39 is 0 Å². The second kappa shape index (κ2) is 6.21. The molecule has 0 radical (unpaired) electrons. The molecule has 1 unspecified atom stereocenters. The van der Waals surface area contributed by atoms with Crippen molar-refractivity contribution in [1.29, 1.82) is 0 Å². The highest BCUT2D eigenvalue weighted by atomic mass is 35.5. The van der Waals surface area contributed by atoms with Crippen LogP contribution in [0.4, 0.5) is 5.69 Å². The number of fused-ring (bicyclic) bond motifs is 1. The van der Waals surface area contributed by atoms with Crippen LogP contribution >= 0.6 is 24.8 Å². The molecule has 1 atom stereocenters. The number of halogens is 2. The van der Waals surface area contributed by atoms with E-state index in [1.54, 1.807) is 0 Å². The summed E-state index contributed by atoms with van der Waals surface area (Å²) in [6.07, 6.45) is 1.16. The van der Waals surface area contributed by atoms with Crippen LogP contribution in [0.15, 0.2) is 24.3 Å². The molecule has 0 aliphatic carbocycles. The first kappa shape index (κ1) is 14.6.